The standard InChI is InChI=1S/C31H36FO5.C5H9O.U/c1-5-19-6-8-20(9-7-19)28(36)37-17-25(34)27-18(2)14-24-23-11-10-21-15-22(33)12-13-30(21,4)31(23,32)26(35)16-29(24,27)3;1-2-3-4-5-6;/h6-9,12-13,15,18,23-24,26,35H,5,10-11,14,16-17H2,1-4H3;2-4H2,1H3;/q2*-1;+2/t18-,23?,24-,26-,29-,30-,31-;;/m0../s1. The number of alkyl halides is 1. The summed E-state index contributed by atoms with van der Waals surface area (Å²) in [6.45, 7) is 9.45. The van der Waals surface area contributed by atoms with Crippen molar-refractivity contribution in [2.24, 2.45) is 28.6 Å². The van der Waals surface area contributed by atoms with Gasteiger partial charge in [-0.1, -0.05) is 76.7 Å². The zero-order valence-corrected chi connectivity index (χ0v) is 30.7. The van der Waals surface area contributed by atoms with Crippen LogP contribution in [-0.4, -0.2) is 47.3 Å². The Kier molecular flexibility index (Phi) is 12.1. The molecule has 1 unspecified atom stereocenters. The maximum atomic E-state index is 17.2. The van der Waals surface area contributed by atoms with Gasteiger partial charge in [-0.05, 0) is 68.4 Å². The summed E-state index contributed by atoms with van der Waals surface area (Å²) in [6.07, 6.45) is 10.5. The number of unbranched alkanes of at least 4 members (excludes halogenated alkanes) is 2. The van der Waals surface area contributed by atoms with E-state index in [1.165, 1.54) is 12.2 Å². The first-order valence-corrected chi connectivity index (χ1v) is 15.7. The van der Waals surface area contributed by atoms with Crippen molar-refractivity contribution in [2.75, 3.05) is 6.61 Å². The summed E-state index contributed by atoms with van der Waals surface area (Å²) in [4.78, 5) is 47.5. The number of aliphatic hydroxyl groups is 1. The van der Waals surface area contributed by atoms with Gasteiger partial charge in [-0.25, -0.2) is 9.18 Å². The van der Waals surface area contributed by atoms with Gasteiger partial charge in [-0.2, -0.15) is 6.42 Å². The van der Waals surface area contributed by atoms with Crippen LogP contribution < -0.4 is 0 Å². The zero-order chi connectivity index (χ0) is 31.6. The Morgan fingerprint density at radius 3 is 2.43 bits per heavy atom. The van der Waals surface area contributed by atoms with Gasteiger partial charge >= 0.3 is 37.1 Å². The second-order valence-corrected chi connectivity index (χ2v) is 13.1. The molecule has 8 heteroatoms. The van der Waals surface area contributed by atoms with E-state index in [-0.39, 0.29) is 67.5 Å². The van der Waals surface area contributed by atoms with Crippen molar-refractivity contribution in [3.05, 3.63) is 65.1 Å². The molecule has 0 spiro atoms. The van der Waals surface area contributed by atoms with Gasteiger partial charge in [0, 0.05) is 11.2 Å². The van der Waals surface area contributed by atoms with Gasteiger partial charge in [0.2, 0.25) is 0 Å². The van der Waals surface area contributed by atoms with Gasteiger partial charge in [0.25, 0.3) is 0 Å². The zero-order valence-electron chi connectivity index (χ0n) is 26.6. The SMILES string of the molecule is CCCC[C-]=O.CCc1ccc(C(=O)OCC(=O)[C-]2[C@@H](C)C[C@H]3C4CCC5=CC(=O)C=C[C@]5(C)[C@@]4(F)[C@@H](O)C[C@]23C)cc1.[U+2]. The molecule has 0 aliphatic heterocycles. The summed E-state index contributed by atoms with van der Waals surface area (Å²) in [7, 11) is 0. The number of esters is 1. The number of allylic oxidation sites excluding steroid dienone is 4. The third-order valence-electron chi connectivity index (χ3n) is 10.6. The number of hydrogen-bond donors (Lipinski definition) is 1. The minimum atomic E-state index is -1.92. The first-order chi connectivity index (χ1) is 20.4. The number of rotatable bonds is 8. The Hall–Kier alpha value is -2.01. The van der Waals surface area contributed by atoms with Crippen molar-refractivity contribution in [1.82, 2.24) is 0 Å². The van der Waals surface area contributed by atoms with E-state index in [0.29, 0.717) is 37.2 Å². The number of hydrogen-bond acceptors (Lipinski definition) is 6. The maximum absolute atomic E-state index is 17.2. The van der Waals surface area contributed by atoms with Crippen LogP contribution in [0.25, 0.3) is 0 Å². The van der Waals surface area contributed by atoms with E-state index in [9.17, 15) is 24.3 Å². The molecule has 3 fully saturated rings. The fourth-order valence-electron chi connectivity index (χ4n) is 8.38. The first-order valence-electron chi connectivity index (χ1n) is 15.7. The molecular formula is C36H45FO6U. The Morgan fingerprint density at radius 1 is 1.16 bits per heavy atom. The van der Waals surface area contributed by atoms with Crippen LogP contribution in [0.3, 0.4) is 0 Å². The molecule has 236 valence electrons. The van der Waals surface area contributed by atoms with Crippen molar-refractivity contribution >= 4 is 23.8 Å². The van der Waals surface area contributed by atoms with Crippen LogP contribution in [0.5, 0.6) is 0 Å². The second-order valence-electron chi connectivity index (χ2n) is 13.1. The molecule has 6 nitrogen and oxygen atoms in total. The molecular weight excluding hydrogens is 785 g/mol. The Morgan fingerprint density at radius 2 is 1.84 bits per heavy atom. The molecule has 5 rings (SSSR count). The van der Waals surface area contributed by atoms with Gasteiger partial charge in [-0.15, -0.1) is 11.3 Å². The van der Waals surface area contributed by atoms with E-state index in [4.69, 9.17) is 4.74 Å². The monoisotopic (exact) mass is 830 g/mol. The molecule has 1 N–H and O–H groups in total. The molecule has 0 radical (unpaired) electrons. The van der Waals surface area contributed by atoms with E-state index >= 15 is 4.39 Å². The third kappa shape index (κ3) is 6.46. The number of carbonyl (C=O) groups excluding carboxylic acids is 4. The van der Waals surface area contributed by atoms with Crippen LogP contribution in [0.4, 0.5) is 4.39 Å². The van der Waals surface area contributed by atoms with Gasteiger partial charge < -0.3 is 19.4 Å². The van der Waals surface area contributed by atoms with Crippen molar-refractivity contribution < 1.29 is 64.5 Å². The van der Waals surface area contributed by atoms with Crippen molar-refractivity contribution in [3.63, 3.8) is 0 Å². The molecule has 0 aromatic heterocycles. The van der Waals surface area contributed by atoms with Crippen LogP contribution in [0.2, 0.25) is 0 Å². The number of ether oxygens (including phenoxy) is 1. The summed E-state index contributed by atoms with van der Waals surface area (Å²) in [5.41, 5.74) is -1.41. The van der Waals surface area contributed by atoms with Gasteiger partial charge in [-0.3, -0.25) is 17.0 Å². The molecule has 44 heavy (non-hydrogen) atoms. The predicted molar refractivity (Wildman–Crippen MR) is 162 cm³/mol. The van der Waals surface area contributed by atoms with Crippen molar-refractivity contribution in [1.29, 1.82) is 0 Å². The molecule has 0 saturated heterocycles. The number of ketones is 2. The molecule has 1 aromatic carbocycles. The minimum Gasteiger partial charge on any atom is -0.542 e. The number of halogens is 1. The van der Waals surface area contributed by atoms with E-state index in [1.807, 2.05) is 39.2 Å². The normalized spacial score (nSPS) is 33.4. The predicted octanol–water partition coefficient (Wildman–Crippen LogP) is 6.45. The summed E-state index contributed by atoms with van der Waals surface area (Å²) >= 11 is 0. The van der Waals surface area contributed by atoms with Crippen LogP contribution in [0.1, 0.15) is 95.5 Å². The van der Waals surface area contributed by atoms with Crippen LogP contribution >= 0.6 is 0 Å². The average molecular weight is 831 g/mol. The van der Waals surface area contributed by atoms with E-state index in [2.05, 4.69) is 6.92 Å². The summed E-state index contributed by atoms with van der Waals surface area (Å²) in [6, 6.07) is 7.14. The van der Waals surface area contributed by atoms with Gasteiger partial charge in [0.15, 0.2) is 11.5 Å². The third-order valence-corrected chi connectivity index (χ3v) is 10.6. The second kappa shape index (κ2) is 14.6. The largest absolute Gasteiger partial charge is 2.00 e. The number of benzene rings is 1. The fraction of sp³-hybridized carbons (Fsp3) is 0.583. The topological polar surface area (TPSA) is 97.7 Å². The summed E-state index contributed by atoms with van der Waals surface area (Å²) in [5, 5.41) is 11.4. The molecule has 0 amide bonds. The van der Waals surface area contributed by atoms with E-state index in [0.717, 1.165) is 30.4 Å². The molecule has 0 bridgehead atoms. The number of fused-ring (bicyclic) bond motifs is 5. The molecule has 4 aliphatic rings. The molecule has 0 heterocycles. The molecule has 7 atom stereocenters. The number of aryl methyl sites for hydroxylation is 1. The smallest absolute Gasteiger partial charge is 0.542 e. The molecule has 1 aromatic rings. The van der Waals surface area contributed by atoms with Crippen LogP contribution in [0, 0.1) is 65.6 Å². The van der Waals surface area contributed by atoms with Crippen LogP contribution in [-0.2, 0) is 25.5 Å². The Labute approximate surface area is 285 Å². The first kappa shape index (κ1) is 36.5. The maximum Gasteiger partial charge on any atom is 2.00 e. The minimum absolute atomic E-state index is 0. The Balaban J connectivity index is 0.000000689. The van der Waals surface area contributed by atoms with E-state index in [1.54, 1.807) is 25.1 Å². The number of aliphatic hydroxyl groups excluding tert-OH is 1. The fourth-order valence-corrected chi connectivity index (χ4v) is 8.38. The van der Waals surface area contributed by atoms with Crippen molar-refractivity contribution in [2.45, 2.75) is 97.8 Å². The molecule has 3 saturated carbocycles. The average Bonchev–Trinajstić information content (AvgIpc) is 3.25. The van der Waals surface area contributed by atoms with E-state index < -0.39 is 34.5 Å². The number of carbonyl (C=O) groups is 3. The van der Waals surface area contributed by atoms with Crippen molar-refractivity contribution in [3.8, 4) is 0 Å². The number of Topliss-reactive ketones (excluding diaryl/α,β-unsaturated/α-hetero) is 1. The summed E-state index contributed by atoms with van der Waals surface area (Å²) < 4.78 is 22.6. The summed E-state index contributed by atoms with van der Waals surface area (Å²) in [5.74, 6) is -0.975. The van der Waals surface area contributed by atoms with Gasteiger partial charge in [0.1, 0.15) is 6.61 Å². The Bertz CT molecular complexity index is 1290. The van der Waals surface area contributed by atoms with Crippen LogP contribution in [0.15, 0.2) is 48.1 Å². The quantitative estimate of drug-likeness (QED) is 0.184. The molecule has 4 aliphatic carbocycles. The van der Waals surface area contributed by atoms with Gasteiger partial charge in [0.05, 0.1) is 11.7 Å².